The van der Waals surface area contributed by atoms with E-state index in [0.29, 0.717) is 11.4 Å². The minimum atomic E-state index is -0.345. The summed E-state index contributed by atoms with van der Waals surface area (Å²) in [5.74, 6) is 1.34. The van der Waals surface area contributed by atoms with Crippen molar-refractivity contribution in [3.05, 3.63) is 70.0 Å². The fourth-order valence-corrected chi connectivity index (χ4v) is 3.43. The van der Waals surface area contributed by atoms with Crippen LogP contribution in [0, 0.1) is 0 Å². The first-order valence-corrected chi connectivity index (χ1v) is 10.2. The fourth-order valence-electron chi connectivity index (χ4n) is 2.52. The lowest BCUT2D eigenvalue weighted by atomic mass is 10.1. The molecule has 26 heavy (non-hydrogen) atoms. The molecule has 0 aliphatic heterocycles. The average molecular weight is 432 g/mol. The van der Waals surface area contributed by atoms with Crippen molar-refractivity contribution in [3.63, 3.8) is 0 Å². The van der Waals surface area contributed by atoms with Crippen LogP contribution in [0.25, 0.3) is 5.69 Å². The normalized spacial score (nSPS) is 12.0. The van der Waals surface area contributed by atoms with Gasteiger partial charge in [0.25, 0.3) is 5.91 Å². The Hall–Kier alpha value is -2.19. The molecule has 8 heteroatoms. The number of halogens is 1. The number of aromatic nitrogens is 4. The van der Waals surface area contributed by atoms with Gasteiger partial charge in [0, 0.05) is 15.8 Å². The Morgan fingerprint density at radius 2 is 2.04 bits per heavy atom. The van der Waals surface area contributed by atoms with Gasteiger partial charge in [-0.2, -0.15) is 16.4 Å². The SMILES string of the molecule is CSCc1ccc(C(=O)NC(C)c2nnnn2-c2cccc(Br)c2)cc1. The minimum absolute atomic E-state index is 0.156. The molecule has 6 nitrogen and oxygen atoms in total. The molecule has 1 aromatic heterocycles. The molecule has 0 bridgehead atoms. The molecule has 134 valence electrons. The first-order valence-electron chi connectivity index (χ1n) is 8.01. The average Bonchev–Trinajstić information content (AvgIpc) is 3.12. The van der Waals surface area contributed by atoms with E-state index in [-0.39, 0.29) is 11.9 Å². The second-order valence-electron chi connectivity index (χ2n) is 5.75. The molecular formula is C18H18BrN5OS. The zero-order valence-electron chi connectivity index (χ0n) is 14.4. The number of hydrogen-bond acceptors (Lipinski definition) is 5. The van der Waals surface area contributed by atoms with E-state index < -0.39 is 0 Å². The number of tetrazole rings is 1. The summed E-state index contributed by atoms with van der Waals surface area (Å²) in [7, 11) is 0. The van der Waals surface area contributed by atoms with E-state index >= 15 is 0 Å². The van der Waals surface area contributed by atoms with Crippen LogP contribution >= 0.6 is 27.7 Å². The highest BCUT2D eigenvalue weighted by atomic mass is 79.9. The van der Waals surface area contributed by atoms with Crippen LogP contribution in [-0.4, -0.2) is 32.4 Å². The summed E-state index contributed by atoms with van der Waals surface area (Å²) >= 11 is 5.19. The lowest BCUT2D eigenvalue weighted by molar-refractivity contribution is 0.0938. The van der Waals surface area contributed by atoms with Gasteiger partial charge in [-0.25, -0.2) is 0 Å². The topological polar surface area (TPSA) is 72.7 Å². The molecule has 0 fully saturated rings. The zero-order valence-corrected chi connectivity index (χ0v) is 16.8. The number of nitrogens with one attached hydrogen (secondary N) is 1. The quantitative estimate of drug-likeness (QED) is 0.642. The van der Waals surface area contributed by atoms with Crippen molar-refractivity contribution < 1.29 is 4.79 Å². The Morgan fingerprint density at radius 3 is 2.73 bits per heavy atom. The van der Waals surface area contributed by atoms with Gasteiger partial charge in [0.15, 0.2) is 5.82 Å². The standard InChI is InChI=1S/C18H18BrN5OS/c1-12(20-18(25)14-8-6-13(7-9-14)11-26-2)17-21-22-23-24(17)16-5-3-4-15(19)10-16/h3-10,12H,11H2,1-2H3,(H,20,25). The summed E-state index contributed by atoms with van der Waals surface area (Å²) in [5.41, 5.74) is 2.63. The van der Waals surface area contributed by atoms with E-state index in [9.17, 15) is 4.79 Å². The molecule has 1 N–H and O–H groups in total. The summed E-state index contributed by atoms with van der Waals surface area (Å²) in [6.07, 6.45) is 2.05. The molecule has 0 saturated heterocycles. The number of benzene rings is 2. The summed E-state index contributed by atoms with van der Waals surface area (Å²) < 4.78 is 2.55. The van der Waals surface area contributed by atoms with Crippen LogP contribution in [-0.2, 0) is 5.75 Å². The highest BCUT2D eigenvalue weighted by Crippen LogP contribution is 2.18. The number of hydrogen-bond donors (Lipinski definition) is 1. The van der Waals surface area contributed by atoms with Gasteiger partial charge in [-0.05, 0) is 59.5 Å². The van der Waals surface area contributed by atoms with E-state index in [4.69, 9.17) is 0 Å². The van der Waals surface area contributed by atoms with E-state index in [1.807, 2.05) is 55.5 Å². The Bertz CT molecular complexity index is 897. The predicted molar refractivity (Wildman–Crippen MR) is 106 cm³/mol. The number of amides is 1. The number of carbonyl (C=O) groups is 1. The molecule has 0 saturated carbocycles. The van der Waals surface area contributed by atoms with E-state index in [2.05, 4.69) is 43.0 Å². The van der Waals surface area contributed by atoms with E-state index in [0.717, 1.165) is 15.9 Å². The summed E-state index contributed by atoms with van der Waals surface area (Å²) in [5, 5.41) is 14.8. The Kier molecular flexibility index (Phi) is 6.05. The molecule has 1 unspecified atom stereocenters. The largest absolute Gasteiger partial charge is 0.342 e. The second-order valence-corrected chi connectivity index (χ2v) is 7.54. The highest BCUT2D eigenvalue weighted by Gasteiger charge is 2.18. The van der Waals surface area contributed by atoms with Crippen molar-refractivity contribution >= 4 is 33.6 Å². The summed E-state index contributed by atoms with van der Waals surface area (Å²) in [4.78, 5) is 12.5. The molecule has 0 radical (unpaired) electrons. The number of rotatable bonds is 6. The maximum absolute atomic E-state index is 12.5. The second kappa shape index (κ2) is 8.46. The Balaban J connectivity index is 1.75. The Labute approximate surface area is 164 Å². The summed E-state index contributed by atoms with van der Waals surface area (Å²) in [6.45, 7) is 1.86. The van der Waals surface area contributed by atoms with E-state index in [1.54, 1.807) is 16.4 Å². The monoisotopic (exact) mass is 431 g/mol. The molecule has 3 rings (SSSR count). The number of thioether (sulfide) groups is 1. The maximum Gasteiger partial charge on any atom is 0.251 e. The van der Waals surface area contributed by atoms with Gasteiger partial charge in [0.1, 0.15) is 0 Å². The van der Waals surface area contributed by atoms with Crippen LogP contribution in [0.3, 0.4) is 0 Å². The van der Waals surface area contributed by atoms with Crippen LogP contribution in [0.2, 0.25) is 0 Å². The first-order chi connectivity index (χ1) is 12.6. The molecule has 3 aromatic rings. The van der Waals surface area contributed by atoms with Crippen molar-refractivity contribution in [1.29, 1.82) is 0 Å². The fraction of sp³-hybridized carbons (Fsp3) is 0.222. The zero-order chi connectivity index (χ0) is 18.5. The van der Waals surface area contributed by atoms with Crippen LogP contribution in [0.1, 0.15) is 34.7 Å². The molecule has 0 aliphatic rings. The third-order valence-electron chi connectivity index (χ3n) is 3.81. The third-order valence-corrected chi connectivity index (χ3v) is 4.92. The van der Waals surface area contributed by atoms with Crippen LogP contribution in [0.4, 0.5) is 0 Å². The lowest BCUT2D eigenvalue weighted by Gasteiger charge is -2.14. The van der Waals surface area contributed by atoms with Gasteiger partial charge in [0.05, 0.1) is 11.7 Å². The smallest absolute Gasteiger partial charge is 0.251 e. The van der Waals surface area contributed by atoms with Gasteiger partial charge in [-0.1, -0.05) is 34.1 Å². The molecule has 1 heterocycles. The molecule has 0 aliphatic carbocycles. The highest BCUT2D eigenvalue weighted by molar-refractivity contribution is 9.10. The lowest BCUT2D eigenvalue weighted by Crippen LogP contribution is -2.28. The van der Waals surface area contributed by atoms with Gasteiger partial charge in [0.2, 0.25) is 0 Å². The van der Waals surface area contributed by atoms with Gasteiger partial charge in [-0.15, -0.1) is 5.10 Å². The molecule has 1 atom stereocenters. The Morgan fingerprint density at radius 1 is 1.27 bits per heavy atom. The third kappa shape index (κ3) is 4.31. The summed E-state index contributed by atoms with van der Waals surface area (Å²) in [6, 6.07) is 14.9. The molecule has 1 amide bonds. The van der Waals surface area contributed by atoms with Gasteiger partial charge < -0.3 is 5.32 Å². The van der Waals surface area contributed by atoms with Crippen molar-refractivity contribution in [2.45, 2.75) is 18.7 Å². The first kappa shape index (κ1) is 18.6. The van der Waals surface area contributed by atoms with Crippen molar-refractivity contribution in [2.75, 3.05) is 6.26 Å². The van der Waals surface area contributed by atoms with Crippen molar-refractivity contribution in [1.82, 2.24) is 25.5 Å². The molecule has 2 aromatic carbocycles. The predicted octanol–water partition coefficient (Wildman–Crippen LogP) is 3.78. The molecular weight excluding hydrogens is 414 g/mol. The van der Waals surface area contributed by atoms with Crippen LogP contribution in [0.15, 0.2) is 53.0 Å². The van der Waals surface area contributed by atoms with Crippen LogP contribution in [0.5, 0.6) is 0 Å². The number of nitrogens with zero attached hydrogens (tertiary/aromatic N) is 4. The van der Waals surface area contributed by atoms with Crippen molar-refractivity contribution in [3.8, 4) is 5.69 Å². The van der Waals surface area contributed by atoms with Gasteiger partial charge >= 0.3 is 0 Å². The van der Waals surface area contributed by atoms with Crippen LogP contribution < -0.4 is 5.32 Å². The number of carbonyl (C=O) groups excluding carboxylic acids is 1. The van der Waals surface area contributed by atoms with Crippen molar-refractivity contribution in [2.24, 2.45) is 0 Å². The minimum Gasteiger partial charge on any atom is -0.342 e. The maximum atomic E-state index is 12.5. The molecule has 0 spiro atoms. The van der Waals surface area contributed by atoms with E-state index in [1.165, 1.54) is 5.56 Å². The van der Waals surface area contributed by atoms with Gasteiger partial charge in [-0.3, -0.25) is 4.79 Å².